The Morgan fingerprint density at radius 1 is 1.21 bits per heavy atom. The van der Waals surface area contributed by atoms with Gasteiger partial charge < -0.3 is 5.32 Å². The van der Waals surface area contributed by atoms with Crippen LogP contribution < -0.4 is 5.32 Å². The summed E-state index contributed by atoms with van der Waals surface area (Å²) < 4.78 is 0. The van der Waals surface area contributed by atoms with Crippen LogP contribution in [0.15, 0.2) is 0 Å². The molecule has 3 nitrogen and oxygen atoms in total. The molecule has 1 N–H and O–H groups in total. The summed E-state index contributed by atoms with van der Waals surface area (Å²) in [4.78, 5) is 9.70. The lowest BCUT2D eigenvalue weighted by molar-refractivity contribution is 0.754. The maximum atomic E-state index is 4.86. The second-order valence-corrected chi connectivity index (χ2v) is 8.27. The van der Waals surface area contributed by atoms with Crippen LogP contribution in [0.2, 0.25) is 0 Å². The molecule has 3 unspecified atom stereocenters. The highest BCUT2D eigenvalue weighted by Crippen LogP contribution is 2.43. The Labute approximate surface area is 123 Å². The summed E-state index contributed by atoms with van der Waals surface area (Å²) in [6.07, 6.45) is 1.01. The van der Waals surface area contributed by atoms with Crippen LogP contribution in [0, 0.1) is 0 Å². The van der Waals surface area contributed by atoms with E-state index in [-0.39, 0.29) is 0 Å². The second kappa shape index (κ2) is 5.62. The Balaban J connectivity index is 1.89. The highest BCUT2D eigenvalue weighted by Gasteiger charge is 2.30. The number of hydrogen-bond acceptors (Lipinski definition) is 5. The summed E-state index contributed by atoms with van der Waals surface area (Å²) in [5.41, 5.74) is 3.83. The molecule has 3 rings (SSSR count). The Kier molecular flexibility index (Phi) is 4.06. The van der Waals surface area contributed by atoms with Gasteiger partial charge in [0.05, 0.1) is 10.9 Å². The van der Waals surface area contributed by atoms with Crippen LogP contribution in [0.25, 0.3) is 0 Å². The van der Waals surface area contributed by atoms with Gasteiger partial charge in [-0.15, -0.1) is 11.8 Å². The van der Waals surface area contributed by atoms with Gasteiger partial charge in [0.15, 0.2) is 0 Å². The van der Waals surface area contributed by atoms with Gasteiger partial charge in [-0.2, -0.15) is 11.8 Å². The molecule has 0 bridgehead atoms. The third-order valence-corrected chi connectivity index (χ3v) is 7.35. The summed E-state index contributed by atoms with van der Waals surface area (Å²) in [7, 11) is 0. The van der Waals surface area contributed by atoms with Crippen LogP contribution >= 0.6 is 23.5 Å². The van der Waals surface area contributed by atoms with Crippen LogP contribution in [0.1, 0.15) is 48.8 Å². The van der Waals surface area contributed by atoms with Gasteiger partial charge in [0.1, 0.15) is 5.82 Å². The summed E-state index contributed by atoms with van der Waals surface area (Å²) in [5, 5.41) is 5.28. The molecule has 1 saturated heterocycles. The van der Waals surface area contributed by atoms with E-state index in [0.29, 0.717) is 10.5 Å². The van der Waals surface area contributed by atoms with Gasteiger partial charge in [0.2, 0.25) is 0 Å². The topological polar surface area (TPSA) is 37.8 Å². The van der Waals surface area contributed by atoms with E-state index in [9.17, 15) is 0 Å². The predicted octanol–water partition coefficient (Wildman–Crippen LogP) is 2.94. The lowest BCUT2D eigenvalue weighted by atomic mass is 10.1. The zero-order valence-electron chi connectivity index (χ0n) is 11.8. The molecule has 3 heterocycles. The smallest absolute Gasteiger partial charge is 0.142 e. The summed E-state index contributed by atoms with van der Waals surface area (Å²) in [5.74, 6) is 2.21. The van der Waals surface area contributed by atoms with Crippen molar-refractivity contribution in [2.75, 3.05) is 5.75 Å². The quantitative estimate of drug-likeness (QED) is 0.908. The number of aromatic nitrogens is 2. The number of rotatable bonds is 2. The number of hydrogen-bond donors (Lipinski definition) is 1. The molecule has 1 aromatic heterocycles. The minimum absolute atomic E-state index is 0.465. The average Bonchev–Trinajstić information content (AvgIpc) is 2.89. The minimum Gasteiger partial charge on any atom is -0.307 e. The highest BCUT2D eigenvalue weighted by molar-refractivity contribution is 8.07. The third-order valence-electron chi connectivity index (χ3n) is 3.96. The molecule has 2 aliphatic heterocycles. The first-order valence-electron chi connectivity index (χ1n) is 7.05. The molecule has 0 saturated carbocycles. The van der Waals surface area contributed by atoms with E-state index in [4.69, 9.17) is 9.97 Å². The molecule has 0 radical (unpaired) electrons. The maximum absolute atomic E-state index is 4.86. The molecule has 5 heteroatoms. The monoisotopic (exact) mass is 295 g/mol. The molecule has 3 atom stereocenters. The number of fused-ring (bicyclic) bond motifs is 1. The molecular weight excluding hydrogens is 274 g/mol. The first-order chi connectivity index (χ1) is 9.19. The van der Waals surface area contributed by atoms with E-state index in [1.165, 1.54) is 17.0 Å². The molecule has 0 aromatic carbocycles. The molecule has 2 aliphatic rings. The van der Waals surface area contributed by atoms with Crippen molar-refractivity contribution >= 4 is 23.5 Å². The molecular formula is C14H21N3S2. The van der Waals surface area contributed by atoms with Crippen molar-refractivity contribution in [1.29, 1.82) is 0 Å². The number of aryl methyl sites for hydroxylation is 1. The standard InChI is InChI=1S/C14H21N3S2/c1-4-11-10-5-15-6-12(10)17-14(16-11)13-7-18-8(2)9(3)19-13/h8-9,13,15H,4-7H2,1-3H3. The maximum Gasteiger partial charge on any atom is 0.142 e. The lowest BCUT2D eigenvalue weighted by Gasteiger charge is -2.30. The van der Waals surface area contributed by atoms with Crippen LogP contribution in [0.3, 0.4) is 0 Å². The Bertz CT molecular complexity index is 478. The van der Waals surface area contributed by atoms with Gasteiger partial charge in [0.25, 0.3) is 0 Å². The van der Waals surface area contributed by atoms with Crippen LogP contribution in [0.5, 0.6) is 0 Å². The first-order valence-corrected chi connectivity index (χ1v) is 9.04. The largest absolute Gasteiger partial charge is 0.307 e. The van der Waals surface area contributed by atoms with E-state index in [0.717, 1.165) is 36.3 Å². The fourth-order valence-electron chi connectivity index (χ4n) is 2.61. The Morgan fingerprint density at radius 3 is 2.79 bits per heavy atom. The normalized spacial score (nSPS) is 30.4. The summed E-state index contributed by atoms with van der Waals surface area (Å²) >= 11 is 4.11. The summed E-state index contributed by atoms with van der Waals surface area (Å²) in [6.45, 7) is 8.69. The predicted molar refractivity (Wildman–Crippen MR) is 83.7 cm³/mol. The molecule has 104 valence electrons. The molecule has 0 aliphatic carbocycles. The highest BCUT2D eigenvalue weighted by atomic mass is 32.2. The van der Waals surface area contributed by atoms with Crippen molar-refractivity contribution < 1.29 is 0 Å². The molecule has 0 spiro atoms. The third kappa shape index (κ3) is 2.65. The van der Waals surface area contributed by atoms with Gasteiger partial charge >= 0.3 is 0 Å². The van der Waals surface area contributed by atoms with Crippen molar-refractivity contribution in [3.63, 3.8) is 0 Å². The number of nitrogens with zero attached hydrogens (tertiary/aromatic N) is 2. The van der Waals surface area contributed by atoms with Gasteiger partial charge in [-0.1, -0.05) is 20.8 Å². The van der Waals surface area contributed by atoms with Gasteiger partial charge in [-0.3, -0.25) is 0 Å². The molecule has 1 fully saturated rings. The van der Waals surface area contributed by atoms with Crippen molar-refractivity contribution in [3.8, 4) is 0 Å². The number of nitrogens with one attached hydrogen (secondary N) is 1. The Hall–Kier alpha value is -0.260. The number of thioether (sulfide) groups is 2. The fourth-order valence-corrected chi connectivity index (χ4v) is 5.46. The second-order valence-electron chi connectivity index (χ2n) is 5.28. The van der Waals surface area contributed by atoms with E-state index in [2.05, 4.69) is 37.8 Å². The molecule has 0 amide bonds. The Morgan fingerprint density at radius 2 is 2.05 bits per heavy atom. The molecule has 19 heavy (non-hydrogen) atoms. The van der Waals surface area contributed by atoms with Gasteiger partial charge in [-0.05, 0) is 6.42 Å². The van der Waals surface area contributed by atoms with E-state index in [1.807, 2.05) is 11.8 Å². The van der Waals surface area contributed by atoms with Gasteiger partial charge in [0, 0.05) is 40.6 Å². The lowest BCUT2D eigenvalue weighted by Crippen LogP contribution is -2.23. The zero-order chi connectivity index (χ0) is 13.4. The van der Waals surface area contributed by atoms with Crippen molar-refractivity contribution in [1.82, 2.24) is 15.3 Å². The first kappa shape index (κ1) is 13.7. The van der Waals surface area contributed by atoms with Crippen molar-refractivity contribution in [3.05, 3.63) is 22.8 Å². The fraction of sp³-hybridized carbons (Fsp3) is 0.714. The molecule has 1 aromatic rings. The van der Waals surface area contributed by atoms with Crippen LogP contribution in [-0.2, 0) is 19.5 Å². The van der Waals surface area contributed by atoms with Gasteiger partial charge in [-0.25, -0.2) is 9.97 Å². The van der Waals surface area contributed by atoms with Crippen molar-refractivity contribution in [2.24, 2.45) is 0 Å². The van der Waals surface area contributed by atoms with Crippen molar-refractivity contribution in [2.45, 2.75) is 56.0 Å². The van der Waals surface area contributed by atoms with E-state index in [1.54, 1.807) is 0 Å². The van der Waals surface area contributed by atoms with E-state index < -0.39 is 0 Å². The van der Waals surface area contributed by atoms with Crippen LogP contribution in [0.4, 0.5) is 0 Å². The average molecular weight is 295 g/mol. The van der Waals surface area contributed by atoms with Crippen LogP contribution in [-0.4, -0.2) is 26.2 Å². The summed E-state index contributed by atoms with van der Waals surface area (Å²) in [6, 6.07) is 0. The zero-order valence-corrected chi connectivity index (χ0v) is 13.4. The SMILES string of the molecule is CCc1nc(C2CSC(C)C(C)S2)nc2c1CNC2. The van der Waals surface area contributed by atoms with E-state index >= 15 is 0 Å². The minimum atomic E-state index is 0.465.